The van der Waals surface area contributed by atoms with Crippen LogP contribution in [-0.4, -0.2) is 30.5 Å². The number of alkyl halides is 9. The van der Waals surface area contributed by atoms with E-state index in [1.54, 1.807) is 0 Å². The lowest BCUT2D eigenvalue weighted by molar-refractivity contribution is -0.396. The Morgan fingerprint density at radius 1 is 0.842 bits per heavy atom. The van der Waals surface area contributed by atoms with E-state index in [9.17, 15) is 39.5 Å². The molecule has 0 bridgehead atoms. The molecule has 0 saturated heterocycles. The topological polar surface area (TPSA) is 48.8 Å². The molecule has 3 nitrogen and oxygen atoms in total. The van der Waals surface area contributed by atoms with Crippen molar-refractivity contribution < 1.29 is 39.5 Å². The molecular weight excluding hydrogens is 297 g/mol. The monoisotopic (exact) mass is 303 g/mol. The molecule has 12 heteroatoms. The van der Waals surface area contributed by atoms with Crippen LogP contribution in [0.4, 0.5) is 39.5 Å². The van der Waals surface area contributed by atoms with Gasteiger partial charge < -0.3 is 0 Å². The van der Waals surface area contributed by atoms with Crippen LogP contribution in [0.2, 0.25) is 0 Å². The molecule has 0 rings (SSSR count). The second-order valence-electron chi connectivity index (χ2n) is 3.41. The minimum Gasteiger partial charge on any atom is -0.200 e. The highest BCUT2D eigenvalue weighted by Crippen LogP contribution is 2.54. The standard InChI is InChI=1S/C7H6F9N3/c8-4(9,2-1-3-18-19-17)5(10,11)6(12,13)7(14,15)16/h1-3H2. The van der Waals surface area contributed by atoms with E-state index in [2.05, 4.69) is 10.0 Å². The molecule has 0 unspecified atom stereocenters. The van der Waals surface area contributed by atoms with Gasteiger partial charge in [0.25, 0.3) is 0 Å². The molecule has 0 atom stereocenters. The van der Waals surface area contributed by atoms with E-state index in [-0.39, 0.29) is 0 Å². The van der Waals surface area contributed by atoms with Crippen LogP contribution in [0.1, 0.15) is 12.8 Å². The number of halogens is 9. The van der Waals surface area contributed by atoms with Crippen LogP contribution in [0.15, 0.2) is 5.11 Å². The first-order valence-electron chi connectivity index (χ1n) is 4.52. The van der Waals surface area contributed by atoms with Crippen molar-refractivity contribution in [3.63, 3.8) is 0 Å². The van der Waals surface area contributed by atoms with Crippen LogP contribution < -0.4 is 0 Å². The summed E-state index contributed by atoms with van der Waals surface area (Å²) in [7, 11) is 0. The largest absolute Gasteiger partial charge is 0.460 e. The number of hydrogen-bond acceptors (Lipinski definition) is 1. The average Bonchev–Trinajstić information content (AvgIpc) is 2.22. The maximum Gasteiger partial charge on any atom is 0.460 e. The summed E-state index contributed by atoms with van der Waals surface area (Å²) >= 11 is 0. The lowest BCUT2D eigenvalue weighted by atomic mass is 10.00. The van der Waals surface area contributed by atoms with E-state index in [0.717, 1.165) is 0 Å². The zero-order valence-corrected chi connectivity index (χ0v) is 8.86. The van der Waals surface area contributed by atoms with Gasteiger partial charge >= 0.3 is 23.9 Å². The lowest BCUT2D eigenvalue weighted by Gasteiger charge is -2.33. The molecule has 0 radical (unpaired) electrons. The van der Waals surface area contributed by atoms with Crippen molar-refractivity contribution in [1.29, 1.82) is 0 Å². The fourth-order valence-electron chi connectivity index (χ4n) is 0.981. The van der Waals surface area contributed by atoms with Crippen molar-refractivity contribution >= 4 is 0 Å². The van der Waals surface area contributed by atoms with Crippen LogP contribution >= 0.6 is 0 Å². The van der Waals surface area contributed by atoms with Gasteiger partial charge in [-0.2, -0.15) is 39.5 Å². The van der Waals surface area contributed by atoms with Crippen molar-refractivity contribution in [3.8, 4) is 0 Å². The predicted octanol–water partition coefficient (Wildman–Crippen LogP) is 4.55. The van der Waals surface area contributed by atoms with Gasteiger partial charge in [0.05, 0.1) is 0 Å². The maximum atomic E-state index is 12.8. The van der Waals surface area contributed by atoms with Crippen molar-refractivity contribution in [2.45, 2.75) is 36.8 Å². The molecule has 0 amide bonds. The summed E-state index contributed by atoms with van der Waals surface area (Å²) in [5, 5.41) is 2.66. The van der Waals surface area contributed by atoms with Crippen LogP contribution in [0.5, 0.6) is 0 Å². The van der Waals surface area contributed by atoms with Crippen LogP contribution in [0.25, 0.3) is 10.4 Å². The minimum atomic E-state index is -6.87. The minimum absolute atomic E-state index is 0.736. The van der Waals surface area contributed by atoms with E-state index < -0.39 is 43.3 Å². The van der Waals surface area contributed by atoms with Gasteiger partial charge in [-0.3, -0.25) is 0 Å². The van der Waals surface area contributed by atoms with E-state index in [1.165, 1.54) is 0 Å². The smallest absolute Gasteiger partial charge is 0.200 e. The molecule has 112 valence electrons. The summed E-state index contributed by atoms with van der Waals surface area (Å²) in [5.41, 5.74) is 7.75. The number of azide groups is 1. The molecule has 0 aliphatic rings. The summed E-state index contributed by atoms with van der Waals surface area (Å²) in [4.78, 5) is 2.07. The molecule has 0 aromatic carbocycles. The molecule has 0 fully saturated rings. The summed E-state index contributed by atoms with van der Waals surface area (Å²) < 4.78 is 111. The Labute approximate surface area is 99.6 Å². The van der Waals surface area contributed by atoms with E-state index in [0.29, 0.717) is 0 Å². The van der Waals surface area contributed by atoms with Gasteiger partial charge in [-0.1, -0.05) is 5.11 Å². The highest BCUT2D eigenvalue weighted by Gasteiger charge is 2.81. The van der Waals surface area contributed by atoms with Gasteiger partial charge in [-0.25, -0.2) is 0 Å². The van der Waals surface area contributed by atoms with Crippen molar-refractivity contribution in [1.82, 2.24) is 0 Å². The summed E-state index contributed by atoms with van der Waals surface area (Å²) in [6.07, 6.45) is -9.77. The summed E-state index contributed by atoms with van der Waals surface area (Å²) in [6, 6.07) is 0. The molecule has 0 heterocycles. The quantitative estimate of drug-likeness (QED) is 0.227. The van der Waals surface area contributed by atoms with Gasteiger partial charge in [0.15, 0.2) is 0 Å². The van der Waals surface area contributed by atoms with Crippen LogP contribution in [0, 0.1) is 0 Å². The van der Waals surface area contributed by atoms with Gasteiger partial charge in [0.1, 0.15) is 0 Å². The highest BCUT2D eigenvalue weighted by atomic mass is 19.4. The Hall–Kier alpha value is -1.32. The summed E-state index contributed by atoms with van der Waals surface area (Å²) in [5.74, 6) is -19.1. The maximum absolute atomic E-state index is 12.8. The molecule has 19 heavy (non-hydrogen) atoms. The molecular formula is C7H6F9N3. The third kappa shape index (κ3) is 3.37. The van der Waals surface area contributed by atoms with Gasteiger partial charge in [-0.15, -0.1) is 0 Å². The van der Waals surface area contributed by atoms with E-state index >= 15 is 0 Å². The zero-order valence-electron chi connectivity index (χ0n) is 8.86. The third-order valence-electron chi connectivity index (χ3n) is 2.02. The summed E-state index contributed by atoms with van der Waals surface area (Å²) in [6.45, 7) is -0.736. The first kappa shape index (κ1) is 17.7. The molecule has 0 aromatic rings. The molecule has 0 aliphatic carbocycles. The van der Waals surface area contributed by atoms with E-state index in [4.69, 9.17) is 5.53 Å². The zero-order chi connectivity index (χ0) is 15.5. The fraction of sp³-hybridized carbons (Fsp3) is 1.00. The van der Waals surface area contributed by atoms with Crippen molar-refractivity contribution in [2.75, 3.05) is 6.54 Å². The normalized spacial score (nSPS) is 14.2. The van der Waals surface area contributed by atoms with Crippen LogP contribution in [0.3, 0.4) is 0 Å². The Morgan fingerprint density at radius 3 is 1.68 bits per heavy atom. The van der Waals surface area contributed by atoms with Gasteiger partial charge in [-0.05, 0) is 12.0 Å². The van der Waals surface area contributed by atoms with Crippen molar-refractivity contribution in [3.05, 3.63) is 10.4 Å². The van der Waals surface area contributed by atoms with Crippen molar-refractivity contribution in [2.24, 2.45) is 5.11 Å². The lowest BCUT2D eigenvalue weighted by Crippen LogP contribution is -2.60. The predicted molar refractivity (Wildman–Crippen MR) is 44.1 cm³/mol. The van der Waals surface area contributed by atoms with Gasteiger partial charge in [0.2, 0.25) is 0 Å². The third-order valence-corrected chi connectivity index (χ3v) is 2.02. The number of hydrogen-bond donors (Lipinski definition) is 0. The second-order valence-corrected chi connectivity index (χ2v) is 3.41. The van der Waals surface area contributed by atoms with Crippen LogP contribution in [-0.2, 0) is 0 Å². The average molecular weight is 303 g/mol. The molecule has 0 N–H and O–H groups in total. The molecule has 0 aromatic heterocycles. The SMILES string of the molecule is [N-]=[N+]=NCCCC(F)(F)C(F)(F)C(F)(F)C(F)(F)F. The first-order chi connectivity index (χ1) is 8.31. The Morgan fingerprint density at radius 2 is 1.32 bits per heavy atom. The number of rotatable bonds is 6. The Balaban J connectivity index is 5.10. The second kappa shape index (κ2) is 5.35. The van der Waals surface area contributed by atoms with E-state index in [1.807, 2.05) is 0 Å². The fourth-order valence-corrected chi connectivity index (χ4v) is 0.981. The Kier molecular flexibility index (Phi) is 4.98. The number of nitrogens with zero attached hydrogens (tertiary/aromatic N) is 3. The van der Waals surface area contributed by atoms with Gasteiger partial charge in [0, 0.05) is 17.9 Å². The molecule has 0 aliphatic heterocycles. The highest BCUT2D eigenvalue weighted by molar-refractivity contribution is 5.00. The Bertz CT molecular complexity index is 355. The first-order valence-corrected chi connectivity index (χ1v) is 4.52. The molecule has 0 spiro atoms. The molecule has 0 saturated carbocycles.